The number of carbonyl (C=O) groups is 2. The van der Waals surface area contributed by atoms with Crippen molar-refractivity contribution < 1.29 is 22.8 Å². The number of rotatable bonds is 7. The van der Waals surface area contributed by atoms with Gasteiger partial charge in [0.25, 0.3) is 5.91 Å². The number of hydrogen-bond donors (Lipinski definition) is 3. The summed E-state index contributed by atoms with van der Waals surface area (Å²) in [6.45, 7) is 3.32. The number of nitrogens with zero attached hydrogens (tertiary/aromatic N) is 2. The van der Waals surface area contributed by atoms with Crippen LogP contribution in [0, 0.1) is 13.8 Å². The molecule has 0 unspecified atom stereocenters. The first-order chi connectivity index (χ1) is 15.6. The van der Waals surface area contributed by atoms with Crippen molar-refractivity contribution in [2.24, 2.45) is 0 Å². The number of nitrogens with one attached hydrogen (secondary N) is 3. The number of anilines is 1. The number of alkyl halides is 3. The van der Waals surface area contributed by atoms with Gasteiger partial charge in [-0.05, 0) is 43.7 Å². The lowest BCUT2D eigenvalue weighted by atomic mass is 10.2. The Morgan fingerprint density at radius 2 is 1.64 bits per heavy atom. The molecule has 0 saturated carbocycles. The average Bonchev–Trinajstić information content (AvgIpc) is 3.03. The van der Waals surface area contributed by atoms with Gasteiger partial charge in [-0.2, -0.15) is 18.3 Å². The van der Waals surface area contributed by atoms with Gasteiger partial charge >= 0.3 is 12.2 Å². The van der Waals surface area contributed by atoms with Crippen molar-refractivity contribution in [3.8, 4) is 0 Å². The van der Waals surface area contributed by atoms with Gasteiger partial charge in [0.1, 0.15) is 6.54 Å². The fraction of sp³-hybridized carbons (Fsp3) is 0.261. The van der Waals surface area contributed by atoms with Crippen molar-refractivity contribution in [2.75, 3.05) is 11.9 Å². The summed E-state index contributed by atoms with van der Waals surface area (Å²) in [5, 5.41) is 11.8. The molecule has 0 aliphatic carbocycles. The Balaban J connectivity index is 1.54. The molecule has 0 spiro atoms. The second kappa shape index (κ2) is 10.2. The summed E-state index contributed by atoms with van der Waals surface area (Å²) in [6, 6.07) is 15.0. The SMILES string of the molecule is Cc1nn(Cc2ccccc2)c(C)c1CNC(=O)Nc1ccc(C(=O)NCC(F)(F)F)cc1. The highest BCUT2D eigenvalue weighted by Gasteiger charge is 2.27. The molecule has 0 atom stereocenters. The molecule has 3 amide bonds. The molecule has 0 radical (unpaired) electrons. The molecule has 1 heterocycles. The lowest BCUT2D eigenvalue weighted by molar-refractivity contribution is -0.123. The highest BCUT2D eigenvalue weighted by atomic mass is 19.4. The van der Waals surface area contributed by atoms with E-state index in [1.54, 1.807) is 5.32 Å². The Morgan fingerprint density at radius 3 is 2.27 bits per heavy atom. The largest absolute Gasteiger partial charge is 0.405 e. The van der Waals surface area contributed by atoms with Crippen LogP contribution in [0.25, 0.3) is 0 Å². The van der Waals surface area contributed by atoms with Gasteiger partial charge in [-0.15, -0.1) is 0 Å². The molecule has 1 aromatic heterocycles. The Bertz CT molecular complexity index is 1110. The van der Waals surface area contributed by atoms with E-state index in [0.29, 0.717) is 12.2 Å². The predicted molar refractivity (Wildman–Crippen MR) is 118 cm³/mol. The maximum absolute atomic E-state index is 12.3. The Labute approximate surface area is 189 Å². The van der Waals surface area contributed by atoms with Gasteiger partial charge in [0, 0.05) is 29.1 Å². The molecule has 7 nitrogen and oxygen atoms in total. The van der Waals surface area contributed by atoms with Gasteiger partial charge in [-0.3, -0.25) is 9.48 Å². The molecule has 0 aliphatic rings. The number of hydrogen-bond acceptors (Lipinski definition) is 3. The van der Waals surface area contributed by atoms with Crippen LogP contribution in [0.4, 0.5) is 23.7 Å². The smallest absolute Gasteiger partial charge is 0.343 e. The summed E-state index contributed by atoms with van der Waals surface area (Å²) in [5.41, 5.74) is 4.26. The molecule has 0 saturated heterocycles. The number of amides is 3. The van der Waals surface area contributed by atoms with Gasteiger partial charge < -0.3 is 16.0 Å². The minimum Gasteiger partial charge on any atom is -0.343 e. The van der Waals surface area contributed by atoms with Crippen LogP contribution in [0.15, 0.2) is 54.6 Å². The van der Waals surface area contributed by atoms with Gasteiger partial charge in [-0.25, -0.2) is 4.79 Å². The Kier molecular flexibility index (Phi) is 7.37. The van der Waals surface area contributed by atoms with Crippen molar-refractivity contribution in [1.29, 1.82) is 0 Å². The van der Waals surface area contributed by atoms with E-state index in [1.807, 2.05) is 48.9 Å². The van der Waals surface area contributed by atoms with Crippen LogP contribution in [0.3, 0.4) is 0 Å². The summed E-state index contributed by atoms with van der Waals surface area (Å²) in [4.78, 5) is 24.0. The van der Waals surface area contributed by atoms with Crippen molar-refractivity contribution in [2.45, 2.75) is 33.1 Å². The molecule has 0 bridgehead atoms. The van der Waals surface area contributed by atoms with E-state index in [-0.39, 0.29) is 12.1 Å². The molecule has 10 heteroatoms. The number of aryl methyl sites for hydroxylation is 1. The van der Waals surface area contributed by atoms with Gasteiger partial charge in [0.2, 0.25) is 0 Å². The number of halogens is 3. The lowest BCUT2D eigenvalue weighted by Crippen LogP contribution is -2.33. The minimum absolute atomic E-state index is 0.0577. The number of urea groups is 1. The first-order valence-corrected chi connectivity index (χ1v) is 10.2. The van der Waals surface area contributed by atoms with Crippen molar-refractivity contribution >= 4 is 17.6 Å². The third-order valence-electron chi connectivity index (χ3n) is 4.99. The topological polar surface area (TPSA) is 88.1 Å². The first-order valence-electron chi connectivity index (χ1n) is 10.2. The van der Waals surface area contributed by atoms with E-state index < -0.39 is 24.7 Å². The van der Waals surface area contributed by atoms with E-state index in [9.17, 15) is 22.8 Å². The minimum atomic E-state index is -4.48. The van der Waals surface area contributed by atoms with Gasteiger partial charge in [-0.1, -0.05) is 30.3 Å². The fourth-order valence-corrected chi connectivity index (χ4v) is 3.23. The zero-order valence-corrected chi connectivity index (χ0v) is 18.2. The van der Waals surface area contributed by atoms with E-state index in [0.717, 1.165) is 22.5 Å². The van der Waals surface area contributed by atoms with Crippen LogP contribution >= 0.6 is 0 Å². The maximum Gasteiger partial charge on any atom is 0.405 e. The van der Waals surface area contributed by atoms with Crippen LogP contribution in [0.2, 0.25) is 0 Å². The van der Waals surface area contributed by atoms with E-state index in [2.05, 4.69) is 15.7 Å². The summed E-state index contributed by atoms with van der Waals surface area (Å²) < 4.78 is 38.5. The molecule has 174 valence electrons. The van der Waals surface area contributed by atoms with Crippen LogP contribution in [-0.4, -0.2) is 34.4 Å². The molecule has 3 N–H and O–H groups in total. The highest BCUT2D eigenvalue weighted by Crippen LogP contribution is 2.16. The van der Waals surface area contributed by atoms with Gasteiger partial charge in [0.05, 0.1) is 12.2 Å². The first kappa shape index (κ1) is 23.8. The van der Waals surface area contributed by atoms with E-state index in [4.69, 9.17) is 0 Å². The Morgan fingerprint density at radius 1 is 0.970 bits per heavy atom. The normalized spacial score (nSPS) is 11.2. The molecular formula is C23H24F3N5O2. The zero-order chi connectivity index (χ0) is 24.0. The Hall–Kier alpha value is -3.82. The predicted octanol–water partition coefficient (Wildman–Crippen LogP) is 4.16. The number of aromatic nitrogens is 2. The highest BCUT2D eigenvalue weighted by molar-refractivity contribution is 5.95. The second-order valence-corrected chi connectivity index (χ2v) is 7.48. The van der Waals surface area contributed by atoms with E-state index in [1.165, 1.54) is 24.3 Å². The summed E-state index contributed by atoms with van der Waals surface area (Å²) >= 11 is 0. The van der Waals surface area contributed by atoms with Crippen LogP contribution in [0.1, 0.15) is 32.9 Å². The van der Waals surface area contributed by atoms with Crippen molar-refractivity contribution in [3.63, 3.8) is 0 Å². The van der Waals surface area contributed by atoms with Crippen LogP contribution < -0.4 is 16.0 Å². The van der Waals surface area contributed by atoms with E-state index >= 15 is 0 Å². The summed E-state index contributed by atoms with van der Waals surface area (Å²) in [7, 11) is 0. The standard InChI is InChI=1S/C23H24F3N5O2/c1-15-20(16(2)31(30-15)13-17-6-4-3-5-7-17)12-27-22(33)29-19-10-8-18(9-11-19)21(32)28-14-23(24,25)26/h3-11H,12-14H2,1-2H3,(H,28,32)(H2,27,29,33). The van der Waals surface area contributed by atoms with Crippen LogP contribution in [0.5, 0.6) is 0 Å². The number of benzene rings is 2. The quantitative estimate of drug-likeness (QED) is 0.496. The monoisotopic (exact) mass is 459 g/mol. The molecule has 2 aromatic carbocycles. The van der Waals surface area contributed by atoms with Crippen molar-refractivity contribution in [3.05, 3.63) is 82.7 Å². The third kappa shape index (κ3) is 6.83. The molecule has 33 heavy (non-hydrogen) atoms. The molecule has 3 rings (SSSR count). The zero-order valence-electron chi connectivity index (χ0n) is 18.2. The van der Waals surface area contributed by atoms with Crippen LogP contribution in [-0.2, 0) is 13.1 Å². The fourth-order valence-electron chi connectivity index (χ4n) is 3.23. The summed E-state index contributed by atoms with van der Waals surface area (Å²) in [6.07, 6.45) is -4.48. The molecule has 0 aliphatic heterocycles. The molecular weight excluding hydrogens is 435 g/mol. The second-order valence-electron chi connectivity index (χ2n) is 7.48. The third-order valence-corrected chi connectivity index (χ3v) is 4.99. The van der Waals surface area contributed by atoms with Crippen molar-refractivity contribution in [1.82, 2.24) is 20.4 Å². The van der Waals surface area contributed by atoms with Gasteiger partial charge in [0.15, 0.2) is 0 Å². The lowest BCUT2D eigenvalue weighted by Gasteiger charge is -2.10. The average molecular weight is 459 g/mol. The maximum atomic E-state index is 12.3. The molecule has 0 fully saturated rings. The molecule has 3 aromatic rings. The summed E-state index contributed by atoms with van der Waals surface area (Å²) in [5.74, 6) is -0.846. The number of carbonyl (C=O) groups excluding carboxylic acids is 2.